The first-order chi connectivity index (χ1) is 5.93. The molecule has 0 aliphatic carbocycles. The summed E-state index contributed by atoms with van der Waals surface area (Å²) < 4.78 is 0. The Labute approximate surface area is 75.1 Å². The number of primary amides is 1. The van der Waals surface area contributed by atoms with Crippen LogP contribution in [0.3, 0.4) is 0 Å². The molecule has 0 saturated carbocycles. The third-order valence-corrected chi connectivity index (χ3v) is 1.29. The van der Waals surface area contributed by atoms with Gasteiger partial charge in [0.25, 0.3) is 0 Å². The van der Waals surface area contributed by atoms with Crippen LogP contribution in [0.4, 0.5) is 0 Å². The summed E-state index contributed by atoms with van der Waals surface area (Å²) in [5.41, 5.74) is 4.47. The van der Waals surface area contributed by atoms with Gasteiger partial charge in [-0.3, -0.25) is 9.59 Å². The topological polar surface area (TPSA) is 109 Å². The van der Waals surface area contributed by atoms with Crippen LogP contribution in [-0.4, -0.2) is 28.9 Å². The van der Waals surface area contributed by atoms with Crippen molar-refractivity contribution in [2.75, 3.05) is 0 Å². The number of aliphatic carboxylic acids is 1. The minimum Gasteiger partial charge on any atom is -0.480 e. The molecule has 1 saturated heterocycles. The highest BCUT2D eigenvalue weighted by Crippen LogP contribution is 2.05. The Balaban J connectivity index is 0.000000310. The van der Waals surface area contributed by atoms with Gasteiger partial charge in [-0.05, 0) is 6.42 Å². The third kappa shape index (κ3) is 5.66. The van der Waals surface area contributed by atoms with E-state index in [4.69, 9.17) is 5.11 Å². The molecule has 0 aromatic heterocycles. The summed E-state index contributed by atoms with van der Waals surface area (Å²) in [7, 11) is 0. The molecule has 6 nitrogen and oxygen atoms in total. The Kier molecular flexibility index (Phi) is 4.50. The van der Waals surface area contributed by atoms with E-state index in [2.05, 4.69) is 11.1 Å². The van der Waals surface area contributed by atoms with Gasteiger partial charge in [-0.2, -0.15) is 0 Å². The molecule has 0 spiro atoms. The Morgan fingerprint density at radius 2 is 2.08 bits per heavy atom. The minimum atomic E-state index is -0.944. The fourth-order valence-electron chi connectivity index (χ4n) is 0.799. The number of carbonyl (C=O) groups excluding carboxylic acids is 2. The van der Waals surface area contributed by atoms with Gasteiger partial charge in [-0.1, -0.05) is 0 Å². The van der Waals surface area contributed by atoms with Crippen molar-refractivity contribution in [2.24, 2.45) is 5.73 Å². The molecule has 2 amide bonds. The maximum absolute atomic E-state index is 10.4. The van der Waals surface area contributed by atoms with Crippen LogP contribution in [-0.2, 0) is 14.4 Å². The van der Waals surface area contributed by atoms with Crippen LogP contribution in [0.1, 0.15) is 19.8 Å². The number of carboxylic acids is 1. The van der Waals surface area contributed by atoms with Crippen molar-refractivity contribution >= 4 is 17.8 Å². The highest BCUT2D eigenvalue weighted by atomic mass is 16.4. The number of carboxylic acid groups (broad SMARTS) is 1. The Hall–Kier alpha value is -1.59. The summed E-state index contributed by atoms with van der Waals surface area (Å²) in [5.74, 6) is -1.44. The van der Waals surface area contributed by atoms with E-state index in [0.717, 1.165) is 0 Å². The molecule has 1 atom stereocenters. The lowest BCUT2D eigenvalue weighted by atomic mass is 10.2. The van der Waals surface area contributed by atoms with Crippen molar-refractivity contribution in [3.8, 4) is 0 Å². The van der Waals surface area contributed by atoms with E-state index < -0.39 is 12.0 Å². The van der Waals surface area contributed by atoms with Crippen molar-refractivity contribution in [1.82, 2.24) is 5.32 Å². The average molecular weight is 188 g/mol. The number of amides is 2. The number of hydrogen-bond acceptors (Lipinski definition) is 3. The molecule has 0 aromatic carbocycles. The predicted octanol–water partition coefficient (Wildman–Crippen LogP) is -1.16. The normalized spacial score (nSPS) is 19.8. The molecule has 1 rings (SSSR count). The molecule has 74 valence electrons. The maximum atomic E-state index is 10.4. The second kappa shape index (κ2) is 5.13. The highest BCUT2D eigenvalue weighted by molar-refractivity contribution is 5.87. The lowest BCUT2D eigenvalue weighted by molar-refractivity contribution is -0.140. The highest BCUT2D eigenvalue weighted by Gasteiger charge is 2.26. The molecule has 0 aromatic rings. The molecule has 1 aliphatic heterocycles. The predicted molar refractivity (Wildman–Crippen MR) is 43.7 cm³/mol. The second-order valence-electron chi connectivity index (χ2n) is 2.61. The van der Waals surface area contributed by atoms with Gasteiger partial charge >= 0.3 is 5.97 Å². The van der Waals surface area contributed by atoms with Crippen LogP contribution in [0.15, 0.2) is 0 Å². The smallest absolute Gasteiger partial charge is 0.326 e. The van der Waals surface area contributed by atoms with Crippen molar-refractivity contribution < 1.29 is 19.5 Å². The summed E-state index contributed by atoms with van der Waals surface area (Å²) in [4.78, 5) is 29.7. The van der Waals surface area contributed by atoms with E-state index in [1.54, 1.807) is 0 Å². The molecular weight excluding hydrogens is 176 g/mol. The minimum absolute atomic E-state index is 0.164. The number of nitrogens with two attached hydrogens (primary N) is 1. The van der Waals surface area contributed by atoms with E-state index in [9.17, 15) is 14.4 Å². The van der Waals surface area contributed by atoms with Gasteiger partial charge in [-0.25, -0.2) is 4.79 Å². The summed E-state index contributed by atoms with van der Waals surface area (Å²) in [6, 6.07) is -0.641. The lowest BCUT2D eigenvalue weighted by Gasteiger charge is -1.99. The first-order valence-corrected chi connectivity index (χ1v) is 3.71. The Bertz CT molecular complexity index is 223. The Morgan fingerprint density at radius 3 is 2.23 bits per heavy atom. The van der Waals surface area contributed by atoms with Gasteiger partial charge in [0.05, 0.1) is 0 Å². The maximum Gasteiger partial charge on any atom is 0.326 e. The first-order valence-electron chi connectivity index (χ1n) is 3.71. The molecule has 4 N–H and O–H groups in total. The lowest BCUT2D eigenvalue weighted by Crippen LogP contribution is -2.32. The number of hydrogen-bond donors (Lipinski definition) is 3. The zero-order valence-corrected chi connectivity index (χ0v) is 7.24. The van der Waals surface area contributed by atoms with E-state index in [-0.39, 0.29) is 11.8 Å². The van der Waals surface area contributed by atoms with E-state index >= 15 is 0 Å². The largest absolute Gasteiger partial charge is 0.480 e. The zero-order valence-electron chi connectivity index (χ0n) is 7.24. The summed E-state index contributed by atoms with van der Waals surface area (Å²) in [6.07, 6.45) is 0.769. The summed E-state index contributed by atoms with van der Waals surface area (Å²) >= 11 is 0. The van der Waals surface area contributed by atoms with Gasteiger partial charge in [0.2, 0.25) is 11.8 Å². The quantitative estimate of drug-likeness (QED) is 0.482. The standard InChI is InChI=1S/C5H7NO3.C2H5NO/c7-4-2-1-3(6-4)5(8)9;1-2(3)4/h3H,1-2H2,(H,6,7)(H,8,9);1H3,(H2,3,4)/t3-;/m0./s1. The number of carbonyl (C=O) groups is 3. The molecular formula is C7H12N2O4. The van der Waals surface area contributed by atoms with Crippen molar-refractivity contribution in [3.63, 3.8) is 0 Å². The van der Waals surface area contributed by atoms with Crippen LogP contribution in [0.2, 0.25) is 0 Å². The molecule has 0 unspecified atom stereocenters. The van der Waals surface area contributed by atoms with Crippen LogP contribution in [0, 0.1) is 0 Å². The van der Waals surface area contributed by atoms with Gasteiger partial charge < -0.3 is 16.2 Å². The van der Waals surface area contributed by atoms with Gasteiger partial charge in [0.15, 0.2) is 0 Å². The van der Waals surface area contributed by atoms with E-state index in [1.165, 1.54) is 6.92 Å². The van der Waals surface area contributed by atoms with Crippen molar-refractivity contribution in [3.05, 3.63) is 0 Å². The van der Waals surface area contributed by atoms with Crippen molar-refractivity contribution in [2.45, 2.75) is 25.8 Å². The second-order valence-corrected chi connectivity index (χ2v) is 2.61. The summed E-state index contributed by atoms with van der Waals surface area (Å²) in [6.45, 7) is 1.31. The van der Waals surface area contributed by atoms with Crippen LogP contribution >= 0.6 is 0 Å². The van der Waals surface area contributed by atoms with Crippen LogP contribution < -0.4 is 11.1 Å². The average Bonchev–Trinajstić information content (AvgIpc) is 2.34. The first kappa shape index (κ1) is 11.4. The van der Waals surface area contributed by atoms with Crippen molar-refractivity contribution in [1.29, 1.82) is 0 Å². The number of nitrogens with one attached hydrogen (secondary N) is 1. The molecule has 1 heterocycles. The van der Waals surface area contributed by atoms with E-state index in [0.29, 0.717) is 12.8 Å². The van der Waals surface area contributed by atoms with E-state index in [1.807, 2.05) is 0 Å². The summed E-state index contributed by atoms with van der Waals surface area (Å²) in [5, 5.41) is 10.6. The number of rotatable bonds is 1. The molecule has 13 heavy (non-hydrogen) atoms. The van der Waals surface area contributed by atoms with Crippen LogP contribution in [0.25, 0.3) is 0 Å². The molecule has 0 radical (unpaired) electrons. The Morgan fingerprint density at radius 1 is 1.62 bits per heavy atom. The molecule has 6 heteroatoms. The van der Waals surface area contributed by atoms with Crippen LogP contribution in [0.5, 0.6) is 0 Å². The van der Waals surface area contributed by atoms with Gasteiger partial charge in [0, 0.05) is 13.3 Å². The molecule has 0 bridgehead atoms. The third-order valence-electron chi connectivity index (χ3n) is 1.29. The molecule has 1 aliphatic rings. The monoisotopic (exact) mass is 188 g/mol. The fraction of sp³-hybridized carbons (Fsp3) is 0.571. The zero-order chi connectivity index (χ0) is 10.4. The van der Waals surface area contributed by atoms with Gasteiger partial charge in [0.1, 0.15) is 6.04 Å². The molecule has 1 fully saturated rings. The fourth-order valence-corrected chi connectivity index (χ4v) is 0.799. The van der Waals surface area contributed by atoms with Gasteiger partial charge in [-0.15, -0.1) is 0 Å². The SMILES string of the molecule is CC(N)=O.O=C1CC[C@@H](C(=O)O)N1.